The Bertz CT molecular complexity index is 541. The maximum absolute atomic E-state index is 13.3. The smallest absolute Gasteiger partial charge is 0.224 e. The fourth-order valence-corrected chi connectivity index (χ4v) is 3.24. The van der Waals surface area contributed by atoms with Gasteiger partial charge in [0.1, 0.15) is 18.2 Å². The van der Waals surface area contributed by atoms with E-state index in [0.717, 1.165) is 31.6 Å². The highest BCUT2D eigenvalue weighted by Crippen LogP contribution is 2.34. The van der Waals surface area contributed by atoms with Crippen molar-refractivity contribution in [2.24, 2.45) is 0 Å². The molecule has 0 bridgehead atoms. The van der Waals surface area contributed by atoms with Gasteiger partial charge in [-0.15, -0.1) is 0 Å². The number of hydrogen-bond donors (Lipinski definition) is 0. The van der Waals surface area contributed by atoms with E-state index in [1.165, 1.54) is 25.0 Å². The predicted molar refractivity (Wildman–Crippen MR) is 83.8 cm³/mol. The van der Waals surface area contributed by atoms with Crippen molar-refractivity contribution in [3.05, 3.63) is 24.0 Å². The third-order valence-electron chi connectivity index (χ3n) is 4.65. The molecule has 0 spiro atoms. The molecule has 1 fully saturated rings. The zero-order valence-electron chi connectivity index (χ0n) is 13.1. The number of carbonyl (C=O) groups excluding carboxylic acids is 1. The normalized spacial score (nSPS) is 21.8. The van der Waals surface area contributed by atoms with Gasteiger partial charge in [-0.1, -0.05) is 12.8 Å². The summed E-state index contributed by atoms with van der Waals surface area (Å²) in [5, 5.41) is 0. The molecule has 2 heterocycles. The van der Waals surface area contributed by atoms with Crippen LogP contribution in [0.5, 0.6) is 5.75 Å². The van der Waals surface area contributed by atoms with Crippen LogP contribution in [0, 0.1) is 5.82 Å². The molecule has 1 aromatic carbocycles. The molecule has 2 aliphatic rings. The van der Waals surface area contributed by atoms with Gasteiger partial charge in [-0.25, -0.2) is 4.39 Å². The summed E-state index contributed by atoms with van der Waals surface area (Å²) in [5.41, 5.74) is 0.848. The number of hydrogen-bond acceptors (Lipinski definition) is 3. The Morgan fingerprint density at radius 1 is 1.27 bits per heavy atom. The number of benzene rings is 1. The standard InChI is InChI=1S/C17H23FN2O2/c1-19-14(11-17(21)20-8-4-2-3-5-9-20)12-22-16-10-13(18)6-7-15(16)19/h6-7,10,14H,2-5,8-9,11-12H2,1H3. The first kappa shape index (κ1) is 15.1. The minimum absolute atomic E-state index is 0.00807. The number of nitrogens with zero attached hydrogens (tertiary/aromatic N) is 2. The molecule has 0 aromatic heterocycles. The van der Waals surface area contributed by atoms with Gasteiger partial charge in [-0.05, 0) is 25.0 Å². The molecule has 3 rings (SSSR count). The monoisotopic (exact) mass is 306 g/mol. The summed E-state index contributed by atoms with van der Waals surface area (Å²) in [4.78, 5) is 16.5. The molecule has 0 N–H and O–H groups in total. The second kappa shape index (κ2) is 6.55. The molecule has 1 unspecified atom stereocenters. The quantitative estimate of drug-likeness (QED) is 0.842. The Labute approximate surface area is 130 Å². The van der Waals surface area contributed by atoms with Gasteiger partial charge < -0.3 is 14.5 Å². The van der Waals surface area contributed by atoms with Crippen LogP contribution in [0.25, 0.3) is 0 Å². The van der Waals surface area contributed by atoms with Crippen molar-refractivity contribution in [3.8, 4) is 5.75 Å². The summed E-state index contributed by atoms with van der Waals surface area (Å²) in [6, 6.07) is 4.55. The van der Waals surface area contributed by atoms with Gasteiger partial charge in [0, 0.05) is 26.2 Å². The minimum Gasteiger partial charge on any atom is -0.489 e. The molecule has 0 radical (unpaired) electrons. The average molecular weight is 306 g/mol. The van der Waals surface area contributed by atoms with Crippen LogP contribution < -0.4 is 9.64 Å². The number of fused-ring (bicyclic) bond motifs is 1. The molecule has 1 aromatic rings. The largest absolute Gasteiger partial charge is 0.489 e. The Balaban J connectivity index is 1.66. The van der Waals surface area contributed by atoms with Gasteiger partial charge in [-0.3, -0.25) is 4.79 Å². The van der Waals surface area contributed by atoms with Gasteiger partial charge in [-0.2, -0.15) is 0 Å². The molecule has 0 saturated carbocycles. The van der Waals surface area contributed by atoms with Crippen LogP contribution in [0.15, 0.2) is 18.2 Å². The van der Waals surface area contributed by atoms with Gasteiger partial charge in [0.05, 0.1) is 18.2 Å². The summed E-state index contributed by atoms with van der Waals surface area (Å²) >= 11 is 0. The molecule has 120 valence electrons. The van der Waals surface area contributed by atoms with Crippen LogP contribution in [0.2, 0.25) is 0 Å². The number of likely N-dealkylation sites (tertiary alicyclic amines) is 1. The molecule has 1 saturated heterocycles. The van der Waals surface area contributed by atoms with Crippen LogP contribution in [-0.2, 0) is 4.79 Å². The number of anilines is 1. The van der Waals surface area contributed by atoms with E-state index in [2.05, 4.69) is 0 Å². The summed E-state index contributed by atoms with van der Waals surface area (Å²) in [6.07, 6.45) is 5.09. The number of ether oxygens (including phenoxy) is 1. The lowest BCUT2D eigenvalue weighted by Crippen LogP contribution is -2.45. The summed E-state index contributed by atoms with van der Waals surface area (Å²) < 4.78 is 18.9. The van der Waals surface area contributed by atoms with Crippen LogP contribution in [0.1, 0.15) is 32.1 Å². The molecular weight excluding hydrogens is 283 g/mol. The van der Waals surface area contributed by atoms with E-state index in [1.807, 2.05) is 16.8 Å². The molecular formula is C17H23FN2O2. The number of rotatable bonds is 2. The van der Waals surface area contributed by atoms with Crippen molar-refractivity contribution in [2.75, 3.05) is 31.6 Å². The van der Waals surface area contributed by atoms with Crippen molar-refractivity contribution in [1.82, 2.24) is 4.90 Å². The number of likely N-dealkylation sites (N-methyl/N-ethyl adjacent to an activating group) is 1. The lowest BCUT2D eigenvalue weighted by Gasteiger charge is -2.36. The highest BCUT2D eigenvalue weighted by molar-refractivity contribution is 5.78. The Morgan fingerprint density at radius 2 is 2.00 bits per heavy atom. The van der Waals surface area contributed by atoms with Crippen LogP contribution >= 0.6 is 0 Å². The maximum atomic E-state index is 13.3. The SMILES string of the molecule is CN1c2ccc(F)cc2OCC1CC(=O)N1CCCCCC1. The minimum atomic E-state index is -0.300. The number of amides is 1. The fraction of sp³-hybridized carbons (Fsp3) is 0.588. The van der Waals surface area contributed by atoms with E-state index in [9.17, 15) is 9.18 Å². The fourth-order valence-electron chi connectivity index (χ4n) is 3.24. The third kappa shape index (κ3) is 3.18. The number of halogens is 1. The van der Waals surface area contributed by atoms with E-state index < -0.39 is 0 Å². The summed E-state index contributed by atoms with van der Waals surface area (Å²) in [7, 11) is 1.94. The van der Waals surface area contributed by atoms with Crippen molar-refractivity contribution < 1.29 is 13.9 Å². The second-order valence-electron chi connectivity index (χ2n) is 6.19. The highest BCUT2D eigenvalue weighted by atomic mass is 19.1. The van der Waals surface area contributed by atoms with Gasteiger partial charge in [0.25, 0.3) is 0 Å². The zero-order chi connectivity index (χ0) is 15.5. The van der Waals surface area contributed by atoms with Gasteiger partial charge in [0.2, 0.25) is 5.91 Å². The third-order valence-corrected chi connectivity index (χ3v) is 4.65. The van der Waals surface area contributed by atoms with E-state index in [1.54, 1.807) is 6.07 Å². The topological polar surface area (TPSA) is 32.8 Å². The molecule has 0 aliphatic carbocycles. The zero-order valence-corrected chi connectivity index (χ0v) is 13.1. The van der Waals surface area contributed by atoms with Crippen molar-refractivity contribution in [2.45, 2.75) is 38.1 Å². The first-order valence-corrected chi connectivity index (χ1v) is 8.08. The maximum Gasteiger partial charge on any atom is 0.224 e. The summed E-state index contributed by atoms with van der Waals surface area (Å²) in [6.45, 7) is 2.17. The van der Waals surface area contributed by atoms with Gasteiger partial charge >= 0.3 is 0 Å². The highest BCUT2D eigenvalue weighted by Gasteiger charge is 2.28. The van der Waals surface area contributed by atoms with Crippen molar-refractivity contribution in [3.63, 3.8) is 0 Å². The number of carbonyl (C=O) groups is 1. The van der Waals surface area contributed by atoms with E-state index in [-0.39, 0.29) is 17.8 Å². The van der Waals surface area contributed by atoms with E-state index in [0.29, 0.717) is 18.8 Å². The Kier molecular flexibility index (Phi) is 4.50. The average Bonchev–Trinajstić information content (AvgIpc) is 2.79. The first-order chi connectivity index (χ1) is 10.6. The molecule has 22 heavy (non-hydrogen) atoms. The Morgan fingerprint density at radius 3 is 2.73 bits per heavy atom. The molecule has 1 amide bonds. The molecule has 2 aliphatic heterocycles. The predicted octanol–water partition coefficient (Wildman–Crippen LogP) is 2.82. The van der Waals surface area contributed by atoms with Crippen molar-refractivity contribution >= 4 is 11.6 Å². The van der Waals surface area contributed by atoms with Crippen molar-refractivity contribution in [1.29, 1.82) is 0 Å². The summed E-state index contributed by atoms with van der Waals surface area (Å²) in [5.74, 6) is 0.458. The van der Waals surface area contributed by atoms with Crippen LogP contribution in [0.3, 0.4) is 0 Å². The molecule has 4 nitrogen and oxygen atoms in total. The lowest BCUT2D eigenvalue weighted by molar-refractivity contribution is -0.131. The van der Waals surface area contributed by atoms with Crippen LogP contribution in [-0.4, -0.2) is 43.6 Å². The molecule has 5 heteroatoms. The van der Waals surface area contributed by atoms with E-state index >= 15 is 0 Å². The first-order valence-electron chi connectivity index (χ1n) is 8.08. The van der Waals surface area contributed by atoms with E-state index in [4.69, 9.17) is 4.74 Å². The Hall–Kier alpha value is -1.78. The van der Waals surface area contributed by atoms with Gasteiger partial charge in [0.15, 0.2) is 0 Å². The van der Waals surface area contributed by atoms with Crippen LogP contribution in [0.4, 0.5) is 10.1 Å². The lowest BCUT2D eigenvalue weighted by atomic mass is 10.1. The second-order valence-corrected chi connectivity index (χ2v) is 6.19. The molecule has 1 atom stereocenters.